The monoisotopic (exact) mass is 1130 g/mol. The summed E-state index contributed by atoms with van der Waals surface area (Å²) in [6.07, 6.45) is 51.8. The van der Waals surface area contributed by atoms with Crippen LogP contribution in [-0.2, 0) is 0 Å². The Morgan fingerprint density at radius 2 is 0.506 bits per heavy atom. The first-order valence-electron chi connectivity index (χ1n) is 34.8. The highest BCUT2D eigenvalue weighted by atomic mass is 31.2. The standard InChI is InChI=1S/C33H60N7.C33H75NP3/c1-4-16-35-19-7-10-22-38(31(35)13-1)28-25-34(26-29-39-23-11-8-20-36-17-5-2-14-32(36)39)27-30-40-24-12-9-21-37-18-6-3-15-33(37)40;1-10-22-35(23-11-2,24-12-3)31-19-34(20-32-36(25-13-4,26-14-5)27-15-6)21-33-37(28-16-7,29-17-8)30-18-9/h1-30H2;10-33H2,1-9H3/q2*+3. The van der Waals surface area contributed by atoms with Crippen LogP contribution < -0.4 is 0 Å². The third kappa shape index (κ3) is 22.6. The van der Waals surface area contributed by atoms with Gasteiger partial charge in [-0.25, -0.2) is 0 Å². The summed E-state index contributed by atoms with van der Waals surface area (Å²) in [5, 5.41) is 0. The molecule has 0 radical (unpaired) electrons. The second-order valence-electron chi connectivity index (χ2n) is 26.1. The smallest absolute Gasteiger partial charge is 0.246 e. The molecule has 11 heteroatoms. The molecule has 0 spiro atoms. The van der Waals surface area contributed by atoms with Gasteiger partial charge in [0.1, 0.15) is 0 Å². The zero-order valence-electron chi connectivity index (χ0n) is 53.6. The summed E-state index contributed by atoms with van der Waals surface area (Å²) in [6.45, 7) is 45.3. The molecule has 6 rings (SSSR count). The van der Waals surface area contributed by atoms with Crippen molar-refractivity contribution in [2.45, 2.75) is 216 Å². The van der Waals surface area contributed by atoms with Gasteiger partial charge in [-0.3, -0.25) is 38.2 Å². The van der Waals surface area contributed by atoms with Gasteiger partial charge < -0.3 is 0 Å². The van der Waals surface area contributed by atoms with Crippen molar-refractivity contribution in [2.75, 3.05) is 192 Å². The Labute approximate surface area is 483 Å². The van der Waals surface area contributed by atoms with E-state index in [9.17, 15) is 0 Å². The van der Waals surface area contributed by atoms with Crippen LogP contribution in [0.15, 0.2) is 0 Å². The maximum absolute atomic E-state index is 3.07. The Hall–Kier alpha value is -0.380. The highest BCUT2D eigenvalue weighted by Crippen LogP contribution is 2.62. The number of rotatable bonds is 36. The van der Waals surface area contributed by atoms with Crippen molar-refractivity contribution in [3.63, 3.8) is 0 Å². The van der Waals surface area contributed by atoms with E-state index in [1.807, 2.05) is 0 Å². The molecule has 0 aliphatic carbocycles. The van der Waals surface area contributed by atoms with Gasteiger partial charge in [0.15, 0.2) is 0 Å². The first kappa shape index (κ1) is 67.4. The third-order valence-corrected chi connectivity index (χ3v) is 35.8. The van der Waals surface area contributed by atoms with Gasteiger partial charge in [0.05, 0.1) is 152 Å². The molecular weight excluding hydrogens is 998 g/mol. The Bertz CT molecular complexity index is 1440. The molecule has 0 saturated heterocycles. The van der Waals surface area contributed by atoms with Gasteiger partial charge in [-0.05, 0) is 135 Å². The lowest BCUT2D eigenvalue weighted by atomic mass is 10.1. The first-order chi connectivity index (χ1) is 37.7. The van der Waals surface area contributed by atoms with E-state index in [2.05, 4.69) is 101 Å². The molecule has 0 amide bonds. The number of nitrogens with zero attached hydrogens (tertiary/aromatic N) is 8. The van der Waals surface area contributed by atoms with Crippen molar-refractivity contribution in [3.05, 3.63) is 0 Å². The molecule has 0 unspecified atom stereocenters. The second-order valence-corrected chi connectivity index (χ2v) is 39.5. The van der Waals surface area contributed by atoms with Gasteiger partial charge in [0, 0.05) is 80.3 Å². The molecule has 6 heterocycles. The normalized spacial score (nSPS) is 19.3. The number of hydrogen-bond donors (Lipinski definition) is 0. The maximum atomic E-state index is 3.07. The summed E-state index contributed by atoms with van der Waals surface area (Å²) < 4.78 is 8.24. The van der Waals surface area contributed by atoms with Gasteiger partial charge in [0.2, 0.25) is 17.5 Å². The van der Waals surface area contributed by atoms with Crippen LogP contribution in [0.2, 0.25) is 0 Å². The van der Waals surface area contributed by atoms with Crippen LogP contribution >= 0.6 is 21.8 Å². The van der Waals surface area contributed by atoms with E-state index < -0.39 is 21.8 Å². The molecular formula is C66H135N8P3+6. The van der Waals surface area contributed by atoms with Gasteiger partial charge in [-0.15, -0.1) is 0 Å². The highest BCUT2D eigenvalue weighted by Gasteiger charge is 2.40. The molecule has 0 atom stereocenters. The van der Waals surface area contributed by atoms with E-state index in [1.165, 1.54) is 272 Å². The quantitative estimate of drug-likeness (QED) is 0.0460. The van der Waals surface area contributed by atoms with Crippen molar-refractivity contribution in [1.82, 2.24) is 24.5 Å². The van der Waals surface area contributed by atoms with Crippen LogP contribution in [0, 0.1) is 0 Å². The third-order valence-electron chi connectivity index (χ3n) is 19.8. The minimum atomic E-state index is -0.778. The average molecular weight is 1130 g/mol. The maximum Gasteiger partial charge on any atom is 0.246 e. The van der Waals surface area contributed by atoms with Crippen LogP contribution in [0.5, 0.6) is 0 Å². The van der Waals surface area contributed by atoms with Crippen molar-refractivity contribution in [1.29, 1.82) is 0 Å². The lowest BCUT2D eigenvalue weighted by molar-refractivity contribution is -0.537. The molecule has 0 fully saturated rings. The van der Waals surface area contributed by atoms with E-state index in [1.54, 1.807) is 91.4 Å². The lowest BCUT2D eigenvalue weighted by Gasteiger charge is -2.34. The van der Waals surface area contributed by atoms with Crippen molar-refractivity contribution in [2.24, 2.45) is 0 Å². The summed E-state index contributed by atoms with van der Waals surface area (Å²) >= 11 is 0. The Balaban J connectivity index is 0.000000286. The largest absolute Gasteiger partial charge is 0.293 e. The Morgan fingerprint density at radius 3 is 0.740 bits per heavy atom. The highest BCUT2D eigenvalue weighted by molar-refractivity contribution is 7.76. The molecule has 0 aromatic heterocycles. The lowest BCUT2D eigenvalue weighted by Crippen LogP contribution is -2.49. The van der Waals surface area contributed by atoms with E-state index in [-0.39, 0.29) is 0 Å². The fraction of sp³-hybridized carbons (Fsp3) is 0.955. The van der Waals surface area contributed by atoms with Crippen molar-refractivity contribution in [3.8, 4) is 0 Å². The predicted molar refractivity (Wildman–Crippen MR) is 354 cm³/mol. The van der Waals surface area contributed by atoms with Gasteiger partial charge in [0.25, 0.3) is 0 Å². The summed E-state index contributed by atoms with van der Waals surface area (Å²) in [7, 11) is -2.34. The van der Waals surface area contributed by atoms with E-state index >= 15 is 0 Å². The molecule has 8 nitrogen and oxygen atoms in total. The van der Waals surface area contributed by atoms with Crippen LogP contribution in [0.25, 0.3) is 0 Å². The van der Waals surface area contributed by atoms with Crippen molar-refractivity contribution >= 4 is 39.3 Å². The van der Waals surface area contributed by atoms with E-state index in [0.717, 1.165) is 0 Å². The summed E-state index contributed by atoms with van der Waals surface area (Å²) in [4.78, 5) is 14.4. The molecule has 0 aromatic rings. The number of hydrogen-bond acceptors (Lipinski definition) is 5. The van der Waals surface area contributed by atoms with Gasteiger partial charge in [-0.2, -0.15) is 0 Å². The first-order valence-corrected chi connectivity index (χ1v) is 42.3. The average Bonchev–Trinajstić information content (AvgIpc) is 3.88. The summed E-state index contributed by atoms with van der Waals surface area (Å²) in [6, 6.07) is 0. The number of amidine groups is 3. The molecule has 6 aliphatic heterocycles. The molecule has 77 heavy (non-hydrogen) atoms. The van der Waals surface area contributed by atoms with Crippen LogP contribution in [0.4, 0.5) is 0 Å². The van der Waals surface area contributed by atoms with Gasteiger partial charge in [-0.1, -0.05) is 62.3 Å². The SMILES string of the molecule is C1CC[N+]2=C(C1)N(CCN(CCN1CCCC[N+]3=C1CCCC3)CCN1CCCC[N+]3=C1CCCC3)CCCC2.CCC[P+](CCC)(CCC)CCN(CC[P+](CCC)(CCC)CCC)CC[P+](CCC)(CCC)CCC. The fourth-order valence-electron chi connectivity index (χ4n) is 16.1. The summed E-state index contributed by atoms with van der Waals surface area (Å²) in [5.41, 5.74) is 0. The molecule has 0 aromatic carbocycles. The molecule has 6 aliphatic rings. The van der Waals surface area contributed by atoms with Crippen LogP contribution in [0.1, 0.15) is 216 Å². The van der Waals surface area contributed by atoms with E-state index in [0.29, 0.717) is 0 Å². The zero-order valence-corrected chi connectivity index (χ0v) is 56.3. The zero-order chi connectivity index (χ0) is 55.0. The predicted octanol–water partition coefficient (Wildman–Crippen LogP) is 14.4. The second kappa shape index (κ2) is 38.5. The molecule has 0 saturated carbocycles. The van der Waals surface area contributed by atoms with E-state index in [4.69, 9.17) is 0 Å². The fourth-order valence-corrected chi connectivity index (χ4v) is 30.8. The van der Waals surface area contributed by atoms with Gasteiger partial charge >= 0.3 is 0 Å². The Kier molecular flexibility index (Phi) is 33.7. The topological polar surface area (TPSA) is 25.2 Å². The summed E-state index contributed by atoms with van der Waals surface area (Å²) in [5.74, 6) is 5.06. The van der Waals surface area contributed by atoms with Crippen LogP contribution in [0.3, 0.4) is 0 Å². The Morgan fingerprint density at radius 1 is 0.286 bits per heavy atom. The molecule has 0 bridgehead atoms. The molecule has 448 valence electrons. The van der Waals surface area contributed by atoms with Crippen molar-refractivity contribution < 1.29 is 13.7 Å². The molecule has 0 N–H and O–H groups in total. The minimum Gasteiger partial charge on any atom is -0.293 e. The minimum absolute atomic E-state index is 0.778. The van der Waals surface area contributed by atoms with Crippen LogP contribution in [-0.4, -0.2) is 247 Å².